The first kappa shape index (κ1) is 26.0. The fraction of sp³-hybridized carbons (Fsp3) is 0.308. The molecule has 12 heteroatoms. The zero-order valence-electron chi connectivity index (χ0n) is 20.1. The van der Waals surface area contributed by atoms with E-state index in [9.17, 15) is 22.8 Å². The number of alkyl halides is 3. The minimum atomic E-state index is -4.45. The van der Waals surface area contributed by atoms with Crippen molar-refractivity contribution < 1.29 is 27.2 Å². The number of aromatic nitrogens is 2. The molecule has 2 aromatic heterocycles. The molecule has 0 bridgehead atoms. The number of amides is 2. The van der Waals surface area contributed by atoms with E-state index in [1.807, 2.05) is 0 Å². The molecule has 2 amide bonds. The molecular weight excluding hydrogens is 519 g/mol. The molecule has 2 aliphatic heterocycles. The van der Waals surface area contributed by atoms with Crippen molar-refractivity contribution >= 4 is 34.9 Å². The first-order valence-corrected chi connectivity index (χ1v) is 12.9. The van der Waals surface area contributed by atoms with Crippen LogP contribution < -0.4 is 15.5 Å². The van der Waals surface area contributed by atoms with Crippen molar-refractivity contribution in [2.75, 3.05) is 24.5 Å². The molecule has 0 radical (unpaired) electrons. The summed E-state index contributed by atoms with van der Waals surface area (Å²) in [6, 6.07) is 10.3. The van der Waals surface area contributed by atoms with Gasteiger partial charge in [-0.25, -0.2) is 9.97 Å². The third kappa shape index (κ3) is 6.08. The number of hydrogen-bond acceptors (Lipinski definition) is 8. The fourth-order valence-corrected chi connectivity index (χ4v) is 5.12. The number of halogens is 3. The SMILES string of the molecule is O=C1NC(=O)/C(=C\c2ccnc(N3CCC(CNCc4ccc(-c5ccccc5C(F)(F)F)o4)CC3)n2)S1. The van der Waals surface area contributed by atoms with Gasteiger partial charge in [0.1, 0.15) is 11.5 Å². The van der Waals surface area contributed by atoms with E-state index in [0.29, 0.717) is 34.8 Å². The molecule has 0 atom stereocenters. The predicted octanol–water partition coefficient (Wildman–Crippen LogP) is 5.09. The summed E-state index contributed by atoms with van der Waals surface area (Å²) in [5, 5.41) is 5.18. The molecule has 4 heterocycles. The average Bonchev–Trinajstić information content (AvgIpc) is 3.49. The van der Waals surface area contributed by atoms with Crippen LogP contribution in [-0.4, -0.2) is 40.7 Å². The van der Waals surface area contributed by atoms with Crippen molar-refractivity contribution in [1.82, 2.24) is 20.6 Å². The van der Waals surface area contributed by atoms with Gasteiger partial charge in [0.15, 0.2) is 0 Å². The Bertz CT molecular complexity index is 1370. The monoisotopic (exact) mass is 543 g/mol. The zero-order chi connectivity index (χ0) is 26.7. The minimum Gasteiger partial charge on any atom is -0.460 e. The number of piperidine rings is 1. The zero-order valence-corrected chi connectivity index (χ0v) is 20.9. The van der Waals surface area contributed by atoms with E-state index in [-0.39, 0.29) is 11.3 Å². The van der Waals surface area contributed by atoms with Crippen molar-refractivity contribution in [2.24, 2.45) is 5.92 Å². The molecule has 8 nitrogen and oxygen atoms in total. The third-order valence-corrected chi connectivity index (χ3v) is 7.19. The summed E-state index contributed by atoms with van der Waals surface area (Å²) in [6.07, 6.45) is 0.584. The van der Waals surface area contributed by atoms with E-state index in [1.54, 1.807) is 36.5 Å². The lowest BCUT2D eigenvalue weighted by atomic mass is 9.97. The van der Waals surface area contributed by atoms with Crippen LogP contribution in [-0.2, 0) is 17.5 Å². The summed E-state index contributed by atoms with van der Waals surface area (Å²) in [5.41, 5.74) is -0.133. The molecule has 198 valence electrons. The first-order valence-electron chi connectivity index (χ1n) is 12.0. The van der Waals surface area contributed by atoms with Gasteiger partial charge in [0.05, 0.1) is 22.7 Å². The van der Waals surface area contributed by atoms with Crippen LogP contribution in [0.1, 0.15) is 29.9 Å². The second-order valence-corrected chi connectivity index (χ2v) is 10.0. The van der Waals surface area contributed by atoms with Gasteiger partial charge in [-0.15, -0.1) is 0 Å². The summed E-state index contributed by atoms with van der Waals surface area (Å²) < 4.78 is 45.7. The summed E-state index contributed by atoms with van der Waals surface area (Å²) in [6.45, 7) is 2.69. The number of nitrogens with zero attached hydrogens (tertiary/aromatic N) is 3. The standard InChI is InChI=1S/C26H24F3N5O3S/c27-26(28,29)20-4-2-1-3-19(20)21-6-5-18(37-21)15-30-14-16-8-11-34(12-9-16)24-31-10-7-17(32-24)13-22-23(35)33-25(36)38-22/h1-7,10,13,16,30H,8-9,11-12,14-15H2,(H,33,35,36)/b22-13+. The number of benzene rings is 1. The van der Waals surface area contributed by atoms with Gasteiger partial charge < -0.3 is 14.6 Å². The number of rotatable bonds is 7. The van der Waals surface area contributed by atoms with Gasteiger partial charge >= 0.3 is 6.18 Å². The number of imide groups is 1. The number of thioether (sulfide) groups is 1. The smallest absolute Gasteiger partial charge is 0.417 e. The Morgan fingerprint density at radius 1 is 1.13 bits per heavy atom. The van der Waals surface area contributed by atoms with Crippen molar-refractivity contribution in [1.29, 1.82) is 0 Å². The summed E-state index contributed by atoms with van der Waals surface area (Å²) >= 11 is 0.847. The van der Waals surface area contributed by atoms with Gasteiger partial charge in [-0.3, -0.25) is 14.9 Å². The number of carbonyl (C=O) groups is 2. The van der Waals surface area contributed by atoms with E-state index in [0.717, 1.165) is 50.3 Å². The van der Waals surface area contributed by atoms with Crippen LogP contribution >= 0.6 is 11.8 Å². The molecule has 2 fully saturated rings. The van der Waals surface area contributed by atoms with Crippen molar-refractivity contribution in [3.8, 4) is 11.3 Å². The van der Waals surface area contributed by atoms with E-state index in [4.69, 9.17) is 4.42 Å². The molecule has 2 aliphatic rings. The molecule has 0 spiro atoms. The van der Waals surface area contributed by atoms with Crippen LogP contribution in [0.3, 0.4) is 0 Å². The largest absolute Gasteiger partial charge is 0.460 e. The Morgan fingerprint density at radius 2 is 1.92 bits per heavy atom. The number of carbonyl (C=O) groups excluding carboxylic acids is 2. The van der Waals surface area contributed by atoms with Gasteiger partial charge in [-0.2, -0.15) is 13.2 Å². The highest BCUT2D eigenvalue weighted by molar-refractivity contribution is 8.18. The number of anilines is 1. The molecule has 1 aromatic carbocycles. The number of nitrogens with one attached hydrogen (secondary N) is 2. The maximum absolute atomic E-state index is 13.3. The Balaban J connectivity index is 1.11. The molecule has 3 aromatic rings. The van der Waals surface area contributed by atoms with Crippen molar-refractivity contribution in [3.63, 3.8) is 0 Å². The van der Waals surface area contributed by atoms with Crippen molar-refractivity contribution in [2.45, 2.75) is 25.6 Å². The molecule has 2 saturated heterocycles. The Morgan fingerprint density at radius 3 is 2.66 bits per heavy atom. The highest BCUT2D eigenvalue weighted by Gasteiger charge is 2.34. The highest BCUT2D eigenvalue weighted by atomic mass is 32.2. The summed E-state index contributed by atoms with van der Waals surface area (Å²) in [4.78, 5) is 34.4. The maximum Gasteiger partial charge on any atom is 0.417 e. The van der Waals surface area contributed by atoms with E-state index < -0.39 is 22.9 Å². The maximum atomic E-state index is 13.3. The predicted molar refractivity (Wildman–Crippen MR) is 137 cm³/mol. The Labute approximate surface area is 220 Å². The number of furan rings is 1. The van der Waals surface area contributed by atoms with Gasteiger partial charge in [-0.1, -0.05) is 18.2 Å². The van der Waals surface area contributed by atoms with Gasteiger partial charge in [0.2, 0.25) is 5.95 Å². The lowest BCUT2D eigenvalue weighted by Gasteiger charge is -2.32. The molecule has 38 heavy (non-hydrogen) atoms. The third-order valence-electron chi connectivity index (χ3n) is 6.37. The lowest BCUT2D eigenvalue weighted by Crippen LogP contribution is -2.38. The normalized spacial score (nSPS) is 17.9. The van der Waals surface area contributed by atoms with Crippen LogP contribution in [0.25, 0.3) is 17.4 Å². The highest BCUT2D eigenvalue weighted by Crippen LogP contribution is 2.37. The molecular formula is C26H24F3N5O3S. The van der Waals surface area contributed by atoms with Crippen LogP contribution in [0.4, 0.5) is 23.9 Å². The van der Waals surface area contributed by atoms with Crippen LogP contribution in [0.15, 0.2) is 58.0 Å². The van der Waals surface area contributed by atoms with Gasteiger partial charge in [0.25, 0.3) is 11.1 Å². The molecule has 0 unspecified atom stereocenters. The Hall–Kier alpha value is -3.64. The van der Waals surface area contributed by atoms with Gasteiger partial charge in [0, 0.05) is 24.8 Å². The average molecular weight is 544 g/mol. The van der Waals surface area contributed by atoms with Crippen LogP contribution in [0.2, 0.25) is 0 Å². The quantitative estimate of drug-likeness (QED) is 0.398. The first-order chi connectivity index (χ1) is 18.3. The number of hydrogen-bond donors (Lipinski definition) is 2. The molecule has 0 aliphatic carbocycles. The molecule has 0 saturated carbocycles. The molecule has 2 N–H and O–H groups in total. The topological polar surface area (TPSA) is 100 Å². The fourth-order valence-electron chi connectivity index (χ4n) is 4.45. The Kier molecular flexibility index (Phi) is 7.52. The minimum absolute atomic E-state index is 0.0276. The summed E-state index contributed by atoms with van der Waals surface area (Å²) in [5.74, 6) is 1.33. The van der Waals surface area contributed by atoms with Crippen molar-refractivity contribution in [3.05, 3.63) is 70.6 Å². The second kappa shape index (κ2) is 11.0. The van der Waals surface area contributed by atoms with Crippen LogP contribution in [0, 0.1) is 5.92 Å². The van der Waals surface area contributed by atoms with Crippen LogP contribution in [0.5, 0.6) is 0 Å². The van der Waals surface area contributed by atoms with Gasteiger partial charge in [-0.05, 0) is 67.4 Å². The second-order valence-electron chi connectivity index (χ2n) is 9.00. The van der Waals surface area contributed by atoms with E-state index in [1.165, 1.54) is 12.1 Å². The molecule has 5 rings (SSSR count). The summed E-state index contributed by atoms with van der Waals surface area (Å²) in [7, 11) is 0. The van der Waals surface area contributed by atoms with E-state index in [2.05, 4.69) is 25.5 Å². The lowest BCUT2D eigenvalue weighted by molar-refractivity contribution is -0.137. The van der Waals surface area contributed by atoms with E-state index >= 15 is 0 Å².